The van der Waals surface area contributed by atoms with Crippen LogP contribution in [0.2, 0.25) is 0 Å². The lowest BCUT2D eigenvalue weighted by molar-refractivity contribution is 0.0735. The average Bonchev–Trinajstić information content (AvgIpc) is 2.49. The molecule has 4 nitrogen and oxygen atoms in total. The molecule has 1 atom stereocenters. The smallest absolute Gasteiger partial charge is 0.273 e. The predicted octanol–water partition coefficient (Wildman–Crippen LogP) is 1.61. The molecule has 1 amide bonds. The molecule has 0 aromatic carbocycles. The highest BCUT2D eigenvalue weighted by atomic mass is 32.2. The molecule has 1 aromatic heterocycles. The lowest BCUT2D eigenvalue weighted by atomic mass is 10.1. The highest BCUT2D eigenvalue weighted by Crippen LogP contribution is 2.12. The Morgan fingerprint density at radius 1 is 1.60 bits per heavy atom. The number of hydrogen-bond acceptors (Lipinski definition) is 4. The van der Waals surface area contributed by atoms with Crippen molar-refractivity contribution < 1.29 is 4.79 Å². The van der Waals surface area contributed by atoms with Crippen LogP contribution in [0.15, 0.2) is 18.3 Å². The van der Waals surface area contributed by atoms with E-state index in [-0.39, 0.29) is 18.5 Å². The second-order valence-electron chi connectivity index (χ2n) is 4.45. The van der Waals surface area contributed by atoms with Gasteiger partial charge in [-0.25, -0.2) is 4.98 Å². The van der Waals surface area contributed by atoms with E-state index in [9.17, 15) is 4.79 Å². The Kier molecular flexibility index (Phi) is 7.13. The van der Waals surface area contributed by atoms with Crippen LogP contribution in [0.4, 0.5) is 0 Å². The lowest BCUT2D eigenvalue weighted by Crippen LogP contribution is -2.36. The van der Waals surface area contributed by atoms with Gasteiger partial charge in [0.05, 0.1) is 12.1 Å². The van der Waals surface area contributed by atoms with Gasteiger partial charge in [0.1, 0.15) is 5.69 Å². The first-order chi connectivity index (χ1) is 9.61. The Labute approximate surface area is 125 Å². The Balaban J connectivity index is 2.91. The Morgan fingerprint density at radius 2 is 2.35 bits per heavy atom. The molecule has 0 spiro atoms. The third kappa shape index (κ3) is 4.55. The highest BCUT2D eigenvalue weighted by Gasteiger charge is 2.20. The summed E-state index contributed by atoms with van der Waals surface area (Å²) in [7, 11) is 1.81. The number of pyridine rings is 1. The van der Waals surface area contributed by atoms with Gasteiger partial charge in [0.2, 0.25) is 0 Å². The van der Waals surface area contributed by atoms with Crippen molar-refractivity contribution in [2.75, 3.05) is 25.6 Å². The number of nitrogens with zero attached hydrogens (tertiary/aromatic N) is 2. The first kappa shape index (κ1) is 16.5. The van der Waals surface area contributed by atoms with Crippen molar-refractivity contribution in [3.8, 4) is 11.8 Å². The number of amides is 1. The van der Waals surface area contributed by atoms with Crippen LogP contribution in [-0.2, 0) is 0 Å². The number of aromatic nitrogens is 1. The van der Waals surface area contributed by atoms with Crippen molar-refractivity contribution in [2.24, 2.45) is 5.73 Å². The van der Waals surface area contributed by atoms with E-state index in [0.29, 0.717) is 11.3 Å². The summed E-state index contributed by atoms with van der Waals surface area (Å²) in [5.74, 6) is 6.60. The SMILES string of the molecule is CSCCC(C)N(C)C(=O)c1ncccc1C#CCN. The van der Waals surface area contributed by atoms with E-state index in [0.717, 1.165) is 12.2 Å². The van der Waals surface area contributed by atoms with Crippen LogP contribution in [0.25, 0.3) is 0 Å². The molecular weight excluding hydrogens is 270 g/mol. The summed E-state index contributed by atoms with van der Waals surface area (Å²) in [6.45, 7) is 2.31. The summed E-state index contributed by atoms with van der Waals surface area (Å²) in [5, 5.41) is 0. The average molecular weight is 291 g/mol. The van der Waals surface area contributed by atoms with Gasteiger partial charge in [0.25, 0.3) is 5.91 Å². The number of hydrogen-bond donors (Lipinski definition) is 1. The second-order valence-corrected chi connectivity index (χ2v) is 5.44. The van der Waals surface area contributed by atoms with Gasteiger partial charge in [-0.05, 0) is 37.5 Å². The van der Waals surface area contributed by atoms with E-state index in [1.807, 2.05) is 14.0 Å². The zero-order valence-corrected chi connectivity index (χ0v) is 13.0. The molecule has 20 heavy (non-hydrogen) atoms. The fraction of sp³-hybridized carbons (Fsp3) is 0.467. The van der Waals surface area contributed by atoms with E-state index < -0.39 is 0 Å². The number of carbonyl (C=O) groups is 1. The van der Waals surface area contributed by atoms with Crippen molar-refractivity contribution in [3.05, 3.63) is 29.6 Å². The number of thioether (sulfide) groups is 1. The van der Waals surface area contributed by atoms with Crippen molar-refractivity contribution in [2.45, 2.75) is 19.4 Å². The molecule has 1 aromatic rings. The summed E-state index contributed by atoms with van der Waals surface area (Å²) >= 11 is 1.78. The molecule has 1 unspecified atom stereocenters. The standard InChI is InChI=1S/C15H21N3OS/c1-12(8-11-20-3)18(2)15(19)14-13(6-4-9-16)7-5-10-17-14/h5,7,10,12H,8-9,11,16H2,1-3H3. The van der Waals surface area contributed by atoms with E-state index in [2.05, 4.69) is 23.1 Å². The molecule has 1 rings (SSSR count). The first-order valence-corrected chi connectivity index (χ1v) is 7.91. The molecule has 0 radical (unpaired) electrons. The van der Waals surface area contributed by atoms with E-state index in [4.69, 9.17) is 5.73 Å². The zero-order chi connectivity index (χ0) is 15.0. The summed E-state index contributed by atoms with van der Waals surface area (Å²) in [4.78, 5) is 18.4. The molecule has 108 valence electrons. The molecule has 0 fully saturated rings. The van der Waals surface area contributed by atoms with Crippen LogP contribution in [0.5, 0.6) is 0 Å². The van der Waals surface area contributed by atoms with E-state index >= 15 is 0 Å². The highest BCUT2D eigenvalue weighted by molar-refractivity contribution is 7.98. The van der Waals surface area contributed by atoms with Crippen molar-refractivity contribution >= 4 is 17.7 Å². The van der Waals surface area contributed by atoms with Gasteiger partial charge < -0.3 is 10.6 Å². The predicted molar refractivity (Wildman–Crippen MR) is 84.7 cm³/mol. The van der Waals surface area contributed by atoms with Crippen molar-refractivity contribution in [3.63, 3.8) is 0 Å². The summed E-state index contributed by atoms with van der Waals surface area (Å²) in [6, 6.07) is 3.74. The quantitative estimate of drug-likeness (QED) is 0.837. The largest absolute Gasteiger partial charge is 0.338 e. The van der Waals surface area contributed by atoms with E-state index in [1.54, 1.807) is 35.0 Å². The minimum absolute atomic E-state index is 0.0967. The maximum atomic E-state index is 12.5. The van der Waals surface area contributed by atoms with Gasteiger partial charge in [0.15, 0.2) is 0 Å². The number of carbonyl (C=O) groups excluding carboxylic acids is 1. The fourth-order valence-electron chi connectivity index (χ4n) is 1.67. The Morgan fingerprint density at radius 3 is 3.00 bits per heavy atom. The van der Waals surface area contributed by atoms with Crippen LogP contribution in [0.1, 0.15) is 29.4 Å². The molecular formula is C15H21N3OS. The number of nitrogens with two attached hydrogens (primary N) is 1. The van der Waals surface area contributed by atoms with Crippen LogP contribution < -0.4 is 5.73 Å². The maximum absolute atomic E-state index is 12.5. The fourth-order valence-corrected chi connectivity index (χ4v) is 2.25. The van der Waals surface area contributed by atoms with Crippen LogP contribution >= 0.6 is 11.8 Å². The third-order valence-corrected chi connectivity index (χ3v) is 3.70. The molecule has 0 aliphatic rings. The van der Waals surface area contributed by atoms with Gasteiger partial charge >= 0.3 is 0 Å². The van der Waals surface area contributed by atoms with Gasteiger partial charge in [-0.1, -0.05) is 11.8 Å². The van der Waals surface area contributed by atoms with Gasteiger partial charge in [0, 0.05) is 19.3 Å². The Bertz CT molecular complexity index is 507. The van der Waals surface area contributed by atoms with Crippen molar-refractivity contribution in [1.82, 2.24) is 9.88 Å². The summed E-state index contributed by atoms with van der Waals surface area (Å²) in [5.41, 5.74) is 6.40. The minimum atomic E-state index is -0.0967. The molecule has 0 aliphatic carbocycles. The minimum Gasteiger partial charge on any atom is -0.338 e. The van der Waals surface area contributed by atoms with Crippen molar-refractivity contribution in [1.29, 1.82) is 0 Å². The summed E-state index contributed by atoms with van der Waals surface area (Å²) in [6.07, 6.45) is 4.63. The monoisotopic (exact) mass is 291 g/mol. The molecule has 0 saturated carbocycles. The normalized spacial score (nSPS) is 11.4. The van der Waals surface area contributed by atoms with Gasteiger partial charge in [-0.2, -0.15) is 11.8 Å². The first-order valence-electron chi connectivity index (χ1n) is 6.51. The van der Waals surface area contributed by atoms with Crippen LogP contribution in [0, 0.1) is 11.8 Å². The molecule has 2 N–H and O–H groups in total. The second kappa shape index (κ2) is 8.62. The molecule has 5 heteroatoms. The maximum Gasteiger partial charge on any atom is 0.273 e. The van der Waals surface area contributed by atoms with Crippen LogP contribution in [0.3, 0.4) is 0 Å². The molecule has 0 bridgehead atoms. The van der Waals surface area contributed by atoms with Crippen LogP contribution in [-0.4, -0.2) is 47.4 Å². The Hall–Kier alpha value is -1.51. The van der Waals surface area contributed by atoms with Gasteiger partial charge in [-0.15, -0.1) is 0 Å². The third-order valence-electron chi connectivity index (χ3n) is 3.06. The zero-order valence-electron chi connectivity index (χ0n) is 12.2. The summed E-state index contributed by atoms with van der Waals surface area (Å²) < 4.78 is 0. The topological polar surface area (TPSA) is 59.2 Å². The van der Waals surface area contributed by atoms with Gasteiger partial charge in [-0.3, -0.25) is 4.79 Å². The molecule has 0 aliphatic heterocycles. The number of rotatable bonds is 5. The molecule has 1 heterocycles. The molecule has 0 saturated heterocycles. The van der Waals surface area contributed by atoms with E-state index in [1.165, 1.54) is 0 Å². The lowest BCUT2D eigenvalue weighted by Gasteiger charge is -2.24.